The molecule has 32 heavy (non-hydrogen) atoms. The standard InChI is InChI=1S/C25H21N3O3S/c1-30-20-13-17-14-22(23(29)19(17)15-21(20)31-2)32-25-27-26-24(16-9-5-3-6-10-16)28(25)18-11-7-4-8-12-18/h3-13,15,22H,14H2,1-2H3. The molecule has 1 atom stereocenters. The van der Waals surface area contributed by atoms with Crippen LogP contribution < -0.4 is 9.47 Å². The van der Waals surface area contributed by atoms with Crippen molar-refractivity contribution < 1.29 is 14.3 Å². The van der Waals surface area contributed by atoms with Crippen LogP contribution in [0.1, 0.15) is 15.9 Å². The van der Waals surface area contributed by atoms with E-state index in [9.17, 15) is 4.79 Å². The van der Waals surface area contributed by atoms with Crippen molar-refractivity contribution in [1.29, 1.82) is 0 Å². The number of ether oxygens (including phenoxy) is 2. The fraction of sp³-hybridized carbons (Fsp3) is 0.160. The summed E-state index contributed by atoms with van der Waals surface area (Å²) in [5.74, 6) is 1.99. The van der Waals surface area contributed by atoms with E-state index in [2.05, 4.69) is 10.2 Å². The molecule has 0 saturated heterocycles. The van der Waals surface area contributed by atoms with Gasteiger partial charge in [-0.05, 0) is 36.2 Å². The minimum atomic E-state index is -0.294. The van der Waals surface area contributed by atoms with Gasteiger partial charge in [0.05, 0.1) is 19.5 Å². The Morgan fingerprint density at radius 3 is 2.25 bits per heavy atom. The number of hydrogen-bond acceptors (Lipinski definition) is 6. The largest absolute Gasteiger partial charge is 0.493 e. The number of carbonyl (C=O) groups is 1. The number of ketones is 1. The molecule has 7 heteroatoms. The molecule has 0 spiro atoms. The number of thioether (sulfide) groups is 1. The maximum atomic E-state index is 13.2. The summed E-state index contributed by atoms with van der Waals surface area (Å²) in [4.78, 5) is 13.2. The zero-order valence-electron chi connectivity index (χ0n) is 17.7. The summed E-state index contributed by atoms with van der Waals surface area (Å²) in [6.07, 6.45) is 0.599. The molecule has 0 fully saturated rings. The molecule has 0 bridgehead atoms. The van der Waals surface area contributed by atoms with E-state index in [0.717, 1.165) is 22.6 Å². The fourth-order valence-corrected chi connectivity index (χ4v) is 5.07. The normalized spacial score (nSPS) is 14.9. The number of para-hydroxylation sites is 1. The highest BCUT2D eigenvalue weighted by molar-refractivity contribution is 8.00. The molecule has 4 aromatic rings. The van der Waals surface area contributed by atoms with Gasteiger partial charge in [-0.25, -0.2) is 0 Å². The predicted molar refractivity (Wildman–Crippen MR) is 124 cm³/mol. The number of hydrogen-bond donors (Lipinski definition) is 0. The van der Waals surface area contributed by atoms with Crippen LogP contribution in [0.2, 0.25) is 0 Å². The van der Waals surface area contributed by atoms with Gasteiger partial charge in [-0.15, -0.1) is 10.2 Å². The maximum absolute atomic E-state index is 13.2. The van der Waals surface area contributed by atoms with Gasteiger partial charge in [0.1, 0.15) is 0 Å². The van der Waals surface area contributed by atoms with Crippen molar-refractivity contribution in [2.45, 2.75) is 16.8 Å². The summed E-state index contributed by atoms with van der Waals surface area (Å²) in [7, 11) is 3.17. The second-order valence-electron chi connectivity index (χ2n) is 7.38. The molecular formula is C25H21N3O3S. The summed E-state index contributed by atoms with van der Waals surface area (Å²) < 4.78 is 12.8. The number of Topliss-reactive ketones (excluding diaryl/α,β-unsaturated/α-hetero) is 1. The third kappa shape index (κ3) is 3.54. The first kappa shape index (κ1) is 20.3. The number of aromatic nitrogens is 3. The molecule has 1 aliphatic rings. The Morgan fingerprint density at radius 2 is 1.56 bits per heavy atom. The van der Waals surface area contributed by atoms with E-state index >= 15 is 0 Å². The number of methoxy groups -OCH3 is 2. The van der Waals surface area contributed by atoms with E-state index in [4.69, 9.17) is 9.47 Å². The van der Waals surface area contributed by atoms with Crippen molar-refractivity contribution in [2.24, 2.45) is 0 Å². The van der Waals surface area contributed by atoms with Crippen LogP contribution in [0.3, 0.4) is 0 Å². The highest BCUT2D eigenvalue weighted by atomic mass is 32.2. The van der Waals surface area contributed by atoms with Crippen molar-refractivity contribution >= 4 is 17.5 Å². The van der Waals surface area contributed by atoms with E-state index in [1.54, 1.807) is 20.3 Å². The summed E-state index contributed by atoms with van der Waals surface area (Å²) in [6, 6.07) is 23.6. The molecule has 0 saturated carbocycles. The molecule has 1 aliphatic carbocycles. The van der Waals surface area contributed by atoms with Crippen molar-refractivity contribution in [1.82, 2.24) is 14.8 Å². The Balaban J connectivity index is 1.52. The lowest BCUT2D eigenvalue weighted by Crippen LogP contribution is -2.13. The van der Waals surface area contributed by atoms with Crippen LogP contribution in [0, 0.1) is 0 Å². The molecule has 6 nitrogen and oxygen atoms in total. The van der Waals surface area contributed by atoms with E-state index in [0.29, 0.717) is 28.6 Å². The smallest absolute Gasteiger partial charge is 0.196 e. The maximum Gasteiger partial charge on any atom is 0.196 e. The molecule has 0 N–H and O–H groups in total. The lowest BCUT2D eigenvalue weighted by molar-refractivity contribution is 0.1000. The summed E-state index contributed by atoms with van der Waals surface area (Å²) in [5, 5.41) is 9.33. The Labute approximate surface area is 190 Å². The van der Waals surface area contributed by atoms with Crippen LogP contribution in [0.5, 0.6) is 11.5 Å². The Kier molecular flexibility index (Phi) is 5.41. The summed E-state index contributed by atoms with van der Waals surface area (Å²) in [5.41, 5.74) is 3.55. The fourth-order valence-electron chi connectivity index (χ4n) is 3.94. The molecule has 1 heterocycles. The van der Waals surface area contributed by atoms with Crippen LogP contribution in [0.25, 0.3) is 17.1 Å². The van der Waals surface area contributed by atoms with Crippen molar-refractivity contribution in [3.8, 4) is 28.6 Å². The van der Waals surface area contributed by atoms with E-state index in [-0.39, 0.29) is 11.0 Å². The Bertz CT molecular complexity index is 1270. The minimum Gasteiger partial charge on any atom is -0.493 e. The lowest BCUT2D eigenvalue weighted by atomic mass is 10.1. The molecule has 0 amide bonds. The molecule has 160 valence electrons. The van der Waals surface area contributed by atoms with E-state index in [1.807, 2.05) is 71.3 Å². The van der Waals surface area contributed by atoms with Crippen LogP contribution in [-0.4, -0.2) is 40.0 Å². The summed E-state index contributed by atoms with van der Waals surface area (Å²) in [6.45, 7) is 0. The average Bonchev–Trinajstić information content (AvgIpc) is 3.40. The number of benzene rings is 3. The van der Waals surface area contributed by atoms with Crippen LogP contribution in [0.4, 0.5) is 0 Å². The van der Waals surface area contributed by atoms with Crippen LogP contribution >= 0.6 is 11.8 Å². The van der Waals surface area contributed by atoms with Gasteiger partial charge < -0.3 is 9.47 Å². The van der Waals surface area contributed by atoms with Gasteiger partial charge in [-0.2, -0.15) is 0 Å². The molecular weight excluding hydrogens is 422 g/mol. The number of carbonyl (C=O) groups excluding carboxylic acids is 1. The third-order valence-electron chi connectivity index (χ3n) is 5.50. The molecule has 3 aromatic carbocycles. The highest BCUT2D eigenvalue weighted by Gasteiger charge is 2.34. The zero-order valence-corrected chi connectivity index (χ0v) is 18.5. The first-order valence-electron chi connectivity index (χ1n) is 10.2. The molecule has 0 radical (unpaired) electrons. The van der Waals surface area contributed by atoms with E-state index in [1.165, 1.54) is 11.8 Å². The predicted octanol–water partition coefficient (Wildman–Crippen LogP) is 4.85. The Hall–Kier alpha value is -3.58. The van der Waals surface area contributed by atoms with Crippen molar-refractivity contribution in [3.05, 3.63) is 83.9 Å². The van der Waals surface area contributed by atoms with Gasteiger partial charge in [-0.3, -0.25) is 9.36 Å². The van der Waals surface area contributed by atoms with Crippen molar-refractivity contribution in [2.75, 3.05) is 14.2 Å². The van der Waals surface area contributed by atoms with Gasteiger partial charge in [0, 0.05) is 16.8 Å². The highest BCUT2D eigenvalue weighted by Crippen LogP contribution is 2.40. The molecule has 0 aliphatic heterocycles. The SMILES string of the molecule is COc1cc2c(cc1OC)C(=O)C(Sc1nnc(-c3ccccc3)n1-c1ccccc1)C2. The van der Waals surface area contributed by atoms with Crippen LogP contribution in [0.15, 0.2) is 78.0 Å². The number of nitrogens with zero attached hydrogens (tertiary/aromatic N) is 3. The third-order valence-corrected chi connectivity index (χ3v) is 6.64. The minimum absolute atomic E-state index is 0.0647. The quantitative estimate of drug-likeness (QED) is 0.424. The zero-order chi connectivity index (χ0) is 22.1. The van der Waals surface area contributed by atoms with Gasteiger partial charge in [0.25, 0.3) is 0 Å². The molecule has 1 aromatic heterocycles. The van der Waals surface area contributed by atoms with Gasteiger partial charge in [0.2, 0.25) is 0 Å². The van der Waals surface area contributed by atoms with E-state index < -0.39 is 0 Å². The van der Waals surface area contributed by atoms with Crippen molar-refractivity contribution in [3.63, 3.8) is 0 Å². The van der Waals surface area contributed by atoms with Gasteiger partial charge in [0.15, 0.2) is 28.3 Å². The first-order valence-corrected chi connectivity index (χ1v) is 11.1. The monoisotopic (exact) mass is 443 g/mol. The summed E-state index contributed by atoms with van der Waals surface area (Å²) >= 11 is 1.44. The number of rotatable bonds is 6. The Morgan fingerprint density at radius 1 is 0.906 bits per heavy atom. The number of fused-ring (bicyclic) bond motifs is 1. The molecule has 1 unspecified atom stereocenters. The average molecular weight is 444 g/mol. The second-order valence-corrected chi connectivity index (χ2v) is 8.55. The van der Waals surface area contributed by atoms with Gasteiger partial charge in [-0.1, -0.05) is 60.3 Å². The van der Waals surface area contributed by atoms with Crippen LogP contribution in [-0.2, 0) is 6.42 Å². The topological polar surface area (TPSA) is 66.2 Å². The van der Waals surface area contributed by atoms with Gasteiger partial charge >= 0.3 is 0 Å². The lowest BCUT2D eigenvalue weighted by Gasteiger charge is -2.12. The first-order chi connectivity index (χ1) is 15.7. The molecule has 5 rings (SSSR count). The second kappa shape index (κ2) is 8.51.